The van der Waals surface area contributed by atoms with Gasteiger partial charge in [0.25, 0.3) is 0 Å². The molecule has 1 heterocycles. The molecule has 4 rings (SSSR count). The smallest absolute Gasteiger partial charge is 0.137 e. The maximum Gasteiger partial charge on any atom is 0.137 e. The van der Waals surface area contributed by atoms with Crippen LogP contribution in [0.2, 0.25) is 0 Å². The van der Waals surface area contributed by atoms with Crippen molar-refractivity contribution in [3.63, 3.8) is 0 Å². The molecule has 2 aliphatic rings. The van der Waals surface area contributed by atoms with E-state index >= 15 is 0 Å². The molecule has 3 heteroatoms. The van der Waals surface area contributed by atoms with Crippen LogP contribution in [0, 0.1) is 6.92 Å². The number of likely N-dealkylation sites (N-methyl/N-ethyl adjacent to an activating group) is 1. The standard InChI is InChI=1S/C25H27N3/c1-7-17-14-13-16(3)21(15-17)22-18(8-2)19-11-9-10-12-20(19)24-23(22)26-25(27(4)5)28(24)6/h7,9-15,24-26H,1-2H2,3-6H3. The molecule has 0 amide bonds. The first kappa shape index (κ1) is 18.5. The summed E-state index contributed by atoms with van der Waals surface area (Å²) in [5.41, 5.74) is 12.8. The fraction of sp³-hybridized carbons (Fsp3) is 0.240. The SMILES string of the molecule is C=C=C1C(c2cc(C=C)ccc2C)=C2NC(N(C)C)N(C)C2c2ccccc21. The summed E-state index contributed by atoms with van der Waals surface area (Å²) in [5, 5.41) is 3.78. The number of hydrogen-bond donors (Lipinski definition) is 1. The van der Waals surface area contributed by atoms with Crippen LogP contribution < -0.4 is 5.32 Å². The Labute approximate surface area is 168 Å². The second-order valence-electron chi connectivity index (χ2n) is 7.76. The van der Waals surface area contributed by atoms with Gasteiger partial charge in [-0.3, -0.25) is 9.80 Å². The van der Waals surface area contributed by atoms with Crippen molar-refractivity contribution >= 4 is 17.2 Å². The maximum atomic E-state index is 4.05. The average Bonchev–Trinajstić information content (AvgIpc) is 3.05. The minimum atomic E-state index is 0.120. The third-order valence-corrected chi connectivity index (χ3v) is 5.83. The number of aryl methyl sites for hydroxylation is 1. The summed E-state index contributed by atoms with van der Waals surface area (Å²) in [4.78, 5) is 4.59. The third-order valence-electron chi connectivity index (χ3n) is 5.83. The van der Waals surface area contributed by atoms with E-state index in [0.717, 1.165) is 11.1 Å². The molecule has 1 saturated heterocycles. The summed E-state index contributed by atoms with van der Waals surface area (Å²) in [5.74, 6) is 0. The van der Waals surface area contributed by atoms with E-state index in [2.05, 4.69) is 105 Å². The topological polar surface area (TPSA) is 18.5 Å². The Kier molecular flexibility index (Phi) is 4.60. The van der Waals surface area contributed by atoms with Crippen molar-refractivity contribution in [2.24, 2.45) is 0 Å². The maximum absolute atomic E-state index is 4.05. The van der Waals surface area contributed by atoms with Gasteiger partial charge in [0.05, 0.1) is 6.04 Å². The number of hydrogen-bond acceptors (Lipinski definition) is 3. The average molecular weight is 370 g/mol. The van der Waals surface area contributed by atoms with Gasteiger partial charge in [0, 0.05) is 16.8 Å². The van der Waals surface area contributed by atoms with E-state index in [1.54, 1.807) is 0 Å². The predicted molar refractivity (Wildman–Crippen MR) is 118 cm³/mol. The van der Waals surface area contributed by atoms with E-state index in [1.807, 2.05) is 6.08 Å². The summed E-state index contributed by atoms with van der Waals surface area (Å²) in [6.45, 7) is 10.2. The van der Waals surface area contributed by atoms with Crippen LogP contribution in [-0.4, -0.2) is 37.2 Å². The molecule has 2 aromatic carbocycles. The molecule has 2 unspecified atom stereocenters. The lowest BCUT2D eigenvalue weighted by Gasteiger charge is -2.32. The molecule has 1 N–H and O–H groups in total. The van der Waals surface area contributed by atoms with Crippen LogP contribution in [0.4, 0.5) is 0 Å². The second kappa shape index (κ2) is 6.96. The quantitative estimate of drug-likeness (QED) is 0.795. The van der Waals surface area contributed by atoms with E-state index < -0.39 is 0 Å². The predicted octanol–water partition coefficient (Wildman–Crippen LogP) is 4.65. The van der Waals surface area contributed by atoms with Crippen LogP contribution in [-0.2, 0) is 0 Å². The zero-order chi connectivity index (χ0) is 20.0. The molecule has 1 aliphatic heterocycles. The lowest BCUT2D eigenvalue weighted by molar-refractivity contribution is 0.105. The van der Waals surface area contributed by atoms with Crippen molar-refractivity contribution in [3.8, 4) is 0 Å². The molecule has 142 valence electrons. The molecule has 0 saturated carbocycles. The van der Waals surface area contributed by atoms with Gasteiger partial charge in [-0.15, -0.1) is 5.73 Å². The van der Waals surface area contributed by atoms with Gasteiger partial charge >= 0.3 is 0 Å². The van der Waals surface area contributed by atoms with Crippen molar-refractivity contribution in [1.29, 1.82) is 0 Å². The lowest BCUT2D eigenvalue weighted by Crippen LogP contribution is -2.45. The van der Waals surface area contributed by atoms with Crippen LogP contribution in [0.1, 0.15) is 33.9 Å². The first-order valence-corrected chi connectivity index (χ1v) is 9.60. The number of rotatable bonds is 3. The van der Waals surface area contributed by atoms with Gasteiger partial charge in [0.2, 0.25) is 0 Å². The van der Waals surface area contributed by atoms with Gasteiger partial charge < -0.3 is 5.32 Å². The zero-order valence-electron chi connectivity index (χ0n) is 17.1. The van der Waals surface area contributed by atoms with Gasteiger partial charge in [-0.2, -0.15) is 0 Å². The van der Waals surface area contributed by atoms with Gasteiger partial charge in [-0.1, -0.05) is 55.6 Å². The Balaban J connectivity index is 2.05. The molecule has 0 radical (unpaired) electrons. The number of benzene rings is 2. The normalized spacial score (nSPS) is 21.2. The molecular weight excluding hydrogens is 342 g/mol. The minimum Gasteiger partial charge on any atom is -0.359 e. The summed E-state index contributed by atoms with van der Waals surface area (Å²) in [6, 6.07) is 15.3. The molecule has 0 aromatic heterocycles. The number of fused-ring (bicyclic) bond motifs is 3. The highest BCUT2D eigenvalue weighted by molar-refractivity contribution is 6.09. The monoisotopic (exact) mass is 369 g/mol. The highest BCUT2D eigenvalue weighted by atomic mass is 15.5. The van der Waals surface area contributed by atoms with E-state index in [4.69, 9.17) is 0 Å². The van der Waals surface area contributed by atoms with E-state index in [9.17, 15) is 0 Å². The highest BCUT2D eigenvalue weighted by Gasteiger charge is 2.43. The number of allylic oxidation sites excluding steroid dienone is 2. The second-order valence-corrected chi connectivity index (χ2v) is 7.76. The molecule has 1 fully saturated rings. The van der Waals surface area contributed by atoms with Gasteiger partial charge in [0.1, 0.15) is 6.29 Å². The van der Waals surface area contributed by atoms with Crippen LogP contribution in [0.3, 0.4) is 0 Å². The molecule has 0 bridgehead atoms. The van der Waals surface area contributed by atoms with E-state index in [1.165, 1.54) is 33.5 Å². The summed E-state index contributed by atoms with van der Waals surface area (Å²) in [7, 11) is 6.39. The van der Waals surface area contributed by atoms with Crippen molar-refractivity contribution in [2.75, 3.05) is 21.1 Å². The summed E-state index contributed by atoms with van der Waals surface area (Å²) < 4.78 is 0. The molecule has 2 atom stereocenters. The first-order chi connectivity index (χ1) is 13.5. The Bertz CT molecular complexity index is 1040. The fourth-order valence-electron chi connectivity index (χ4n) is 4.47. The Morgan fingerprint density at radius 3 is 2.57 bits per heavy atom. The zero-order valence-corrected chi connectivity index (χ0v) is 17.1. The van der Waals surface area contributed by atoms with Crippen LogP contribution in [0.5, 0.6) is 0 Å². The fourth-order valence-corrected chi connectivity index (χ4v) is 4.47. The van der Waals surface area contributed by atoms with Crippen LogP contribution in [0.15, 0.2) is 67.1 Å². The Hall–Kier alpha value is -2.84. The number of nitrogens with one attached hydrogen (secondary N) is 1. The highest BCUT2D eigenvalue weighted by Crippen LogP contribution is 2.49. The van der Waals surface area contributed by atoms with Gasteiger partial charge in [0.15, 0.2) is 0 Å². The van der Waals surface area contributed by atoms with Crippen molar-refractivity contribution in [2.45, 2.75) is 19.3 Å². The Morgan fingerprint density at radius 1 is 1.14 bits per heavy atom. The molecular formula is C25H27N3. The molecule has 0 spiro atoms. The molecule has 3 nitrogen and oxygen atoms in total. The summed E-state index contributed by atoms with van der Waals surface area (Å²) in [6.07, 6.45) is 2.02. The number of nitrogens with zero attached hydrogens (tertiary/aromatic N) is 2. The van der Waals surface area contributed by atoms with Crippen molar-refractivity contribution in [3.05, 3.63) is 94.9 Å². The molecule has 2 aromatic rings. The third kappa shape index (κ3) is 2.68. The lowest BCUT2D eigenvalue weighted by atomic mass is 9.78. The largest absolute Gasteiger partial charge is 0.359 e. The minimum absolute atomic E-state index is 0.120. The van der Waals surface area contributed by atoms with Crippen LogP contribution in [0.25, 0.3) is 17.2 Å². The van der Waals surface area contributed by atoms with Gasteiger partial charge in [-0.25, -0.2) is 0 Å². The van der Waals surface area contributed by atoms with Crippen LogP contribution >= 0.6 is 0 Å². The van der Waals surface area contributed by atoms with E-state index in [-0.39, 0.29) is 12.3 Å². The van der Waals surface area contributed by atoms with E-state index in [0.29, 0.717) is 0 Å². The molecule has 28 heavy (non-hydrogen) atoms. The van der Waals surface area contributed by atoms with Crippen molar-refractivity contribution < 1.29 is 0 Å². The Morgan fingerprint density at radius 2 is 1.89 bits per heavy atom. The molecule has 1 aliphatic carbocycles. The van der Waals surface area contributed by atoms with Crippen molar-refractivity contribution in [1.82, 2.24) is 15.1 Å². The summed E-state index contributed by atoms with van der Waals surface area (Å²) >= 11 is 0. The first-order valence-electron chi connectivity index (χ1n) is 9.60. The van der Waals surface area contributed by atoms with Gasteiger partial charge in [-0.05, 0) is 62.0 Å².